The van der Waals surface area contributed by atoms with Gasteiger partial charge in [-0.2, -0.15) is 0 Å². The molecule has 0 unspecified atom stereocenters. The van der Waals surface area contributed by atoms with Crippen LogP contribution in [-0.2, 0) is 14.3 Å². The number of halogens is 1. The van der Waals surface area contributed by atoms with Gasteiger partial charge in [-0.1, -0.05) is 0 Å². The predicted molar refractivity (Wildman–Crippen MR) is 75.7 cm³/mol. The summed E-state index contributed by atoms with van der Waals surface area (Å²) in [5.74, 6) is -0.743. The molecule has 1 aliphatic heterocycles. The monoisotopic (exact) mass is 359 g/mol. The Morgan fingerprint density at radius 2 is 2.20 bits per heavy atom. The zero-order valence-electron chi connectivity index (χ0n) is 10.6. The van der Waals surface area contributed by atoms with Crippen LogP contribution in [0.1, 0.15) is 12.7 Å². The molecule has 0 aliphatic carbocycles. The minimum Gasteiger partial charge on any atom is -0.467 e. The zero-order chi connectivity index (χ0) is 14.9. The van der Waals surface area contributed by atoms with E-state index in [2.05, 4.69) is 20.7 Å². The van der Waals surface area contributed by atoms with E-state index in [0.717, 1.165) is 16.7 Å². The summed E-state index contributed by atoms with van der Waals surface area (Å²) < 4.78 is 10.3. The Morgan fingerprint density at radius 3 is 2.75 bits per heavy atom. The number of ether oxygens (including phenoxy) is 1. The van der Waals surface area contributed by atoms with Crippen molar-refractivity contribution in [2.75, 3.05) is 7.11 Å². The van der Waals surface area contributed by atoms with E-state index in [1.54, 1.807) is 12.1 Å². The molecule has 1 saturated heterocycles. The summed E-state index contributed by atoms with van der Waals surface area (Å²) in [6.45, 7) is 1.44. The smallest absolute Gasteiger partial charge is 0.328 e. The molecule has 106 valence electrons. The number of methoxy groups -OCH3 is 1. The number of carbonyl (C=O) groups is 3. The highest BCUT2D eigenvalue weighted by Crippen LogP contribution is 2.34. The minimum absolute atomic E-state index is 0.201. The van der Waals surface area contributed by atoms with Crippen LogP contribution in [0.25, 0.3) is 6.08 Å². The Balaban J connectivity index is 2.25. The van der Waals surface area contributed by atoms with E-state index in [1.807, 2.05) is 0 Å². The van der Waals surface area contributed by atoms with Crippen molar-refractivity contribution in [1.29, 1.82) is 0 Å². The van der Waals surface area contributed by atoms with Gasteiger partial charge in [0, 0.05) is 6.08 Å². The normalized spacial score (nSPS) is 18.8. The Hall–Kier alpha value is -1.54. The quantitative estimate of drug-likeness (QED) is 0.609. The Morgan fingerprint density at radius 1 is 1.50 bits per heavy atom. The van der Waals surface area contributed by atoms with Gasteiger partial charge in [0.25, 0.3) is 11.1 Å². The molecule has 20 heavy (non-hydrogen) atoms. The molecule has 1 aromatic heterocycles. The van der Waals surface area contributed by atoms with Crippen LogP contribution < -0.4 is 0 Å². The van der Waals surface area contributed by atoms with Crippen molar-refractivity contribution in [2.24, 2.45) is 0 Å². The second kappa shape index (κ2) is 5.84. The van der Waals surface area contributed by atoms with E-state index in [0.29, 0.717) is 10.4 Å². The highest BCUT2D eigenvalue weighted by molar-refractivity contribution is 9.10. The Labute approximate surface area is 127 Å². The van der Waals surface area contributed by atoms with Crippen LogP contribution >= 0.6 is 27.7 Å². The maximum absolute atomic E-state index is 12.1. The zero-order valence-corrected chi connectivity index (χ0v) is 13.0. The van der Waals surface area contributed by atoms with Crippen LogP contribution in [0, 0.1) is 0 Å². The van der Waals surface area contributed by atoms with Crippen molar-refractivity contribution >= 4 is 50.9 Å². The molecule has 1 aromatic rings. The third-order valence-electron chi connectivity index (χ3n) is 2.62. The summed E-state index contributed by atoms with van der Waals surface area (Å²) >= 11 is 3.90. The fourth-order valence-electron chi connectivity index (χ4n) is 1.62. The Kier molecular flexibility index (Phi) is 4.34. The predicted octanol–water partition coefficient (Wildman–Crippen LogP) is 2.64. The lowest BCUT2D eigenvalue weighted by Crippen LogP contribution is -2.42. The molecule has 0 saturated carbocycles. The van der Waals surface area contributed by atoms with E-state index in [-0.39, 0.29) is 4.91 Å². The number of hydrogen-bond acceptors (Lipinski definition) is 6. The first-order chi connectivity index (χ1) is 9.43. The average Bonchev–Trinajstić information content (AvgIpc) is 2.93. The Bertz CT molecular complexity index is 609. The standard InChI is InChI=1S/C12H10BrNO5S/c1-6(11(16)18-2)14-10(15)8(20-12(14)17)5-7-3-4-9(13)19-7/h3-6H,1-2H3/b8-5+/t6-/m1/s1. The van der Waals surface area contributed by atoms with Gasteiger partial charge in [0.1, 0.15) is 11.8 Å². The number of furan rings is 1. The van der Waals surface area contributed by atoms with Crippen molar-refractivity contribution in [3.63, 3.8) is 0 Å². The summed E-state index contributed by atoms with van der Waals surface area (Å²) in [6.07, 6.45) is 1.46. The van der Waals surface area contributed by atoms with Crippen LogP contribution in [-0.4, -0.2) is 35.2 Å². The van der Waals surface area contributed by atoms with E-state index >= 15 is 0 Å². The van der Waals surface area contributed by atoms with Gasteiger partial charge < -0.3 is 9.15 Å². The van der Waals surface area contributed by atoms with Gasteiger partial charge in [-0.3, -0.25) is 14.5 Å². The van der Waals surface area contributed by atoms with Crippen LogP contribution in [0.2, 0.25) is 0 Å². The van der Waals surface area contributed by atoms with Gasteiger partial charge in [-0.15, -0.1) is 0 Å². The lowest BCUT2D eigenvalue weighted by Gasteiger charge is -2.18. The maximum Gasteiger partial charge on any atom is 0.328 e. The van der Waals surface area contributed by atoms with E-state index < -0.39 is 23.2 Å². The number of nitrogens with zero attached hydrogens (tertiary/aromatic N) is 1. The molecule has 2 rings (SSSR count). The first-order valence-electron chi connectivity index (χ1n) is 5.54. The summed E-state index contributed by atoms with van der Waals surface area (Å²) in [4.78, 5) is 36.5. The van der Waals surface area contributed by atoms with Gasteiger partial charge >= 0.3 is 5.97 Å². The molecular weight excluding hydrogens is 350 g/mol. The lowest BCUT2D eigenvalue weighted by molar-refractivity contribution is -0.148. The molecule has 0 bridgehead atoms. The van der Waals surface area contributed by atoms with Crippen LogP contribution in [0.4, 0.5) is 4.79 Å². The molecule has 0 N–H and O–H groups in total. The second-order valence-corrected chi connectivity index (χ2v) is 5.67. The van der Waals surface area contributed by atoms with Gasteiger partial charge in [0.15, 0.2) is 4.67 Å². The number of amides is 2. The maximum atomic E-state index is 12.1. The highest BCUT2D eigenvalue weighted by atomic mass is 79.9. The first-order valence-corrected chi connectivity index (χ1v) is 7.15. The molecule has 2 heterocycles. The van der Waals surface area contributed by atoms with Crippen LogP contribution in [0.5, 0.6) is 0 Å². The minimum atomic E-state index is -0.957. The number of esters is 1. The number of imide groups is 1. The highest BCUT2D eigenvalue weighted by Gasteiger charge is 2.41. The number of carbonyl (C=O) groups excluding carboxylic acids is 3. The summed E-state index contributed by atoms with van der Waals surface area (Å²) in [6, 6.07) is 2.37. The molecule has 2 amide bonds. The van der Waals surface area contributed by atoms with E-state index in [1.165, 1.54) is 20.1 Å². The molecule has 1 fully saturated rings. The van der Waals surface area contributed by atoms with Crippen molar-refractivity contribution in [1.82, 2.24) is 4.90 Å². The van der Waals surface area contributed by atoms with Crippen molar-refractivity contribution in [3.8, 4) is 0 Å². The molecule has 8 heteroatoms. The van der Waals surface area contributed by atoms with Gasteiger partial charge in [0.05, 0.1) is 12.0 Å². The SMILES string of the molecule is COC(=O)[C@@H](C)N1C(=O)S/C(=C/c2ccc(Br)o2)C1=O. The molecule has 6 nitrogen and oxygen atoms in total. The molecule has 0 radical (unpaired) electrons. The van der Waals surface area contributed by atoms with Crippen LogP contribution in [0.3, 0.4) is 0 Å². The second-order valence-electron chi connectivity index (χ2n) is 3.89. The third-order valence-corrected chi connectivity index (χ3v) is 3.93. The van der Waals surface area contributed by atoms with E-state index in [4.69, 9.17) is 4.42 Å². The van der Waals surface area contributed by atoms with Gasteiger partial charge in [-0.05, 0) is 46.7 Å². The topological polar surface area (TPSA) is 76.8 Å². The van der Waals surface area contributed by atoms with Crippen molar-refractivity contribution < 1.29 is 23.5 Å². The van der Waals surface area contributed by atoms with Gasteiger partial charge in [0.2, 0.25) is 0 Å². The molecule has 0 aromatic carbocycles. The van der Waals surface area contributed by atoms with Gasteiger partial charge in [-0.25, -0.2) is 4.79 Å². The van der Waals surface area contributed by atoms with Crippen molar-refractivity contribution in [2.45, 2.75) is 13.0 Å². The number of rotatable bonds is 3. The molecule has 1 atom stereocenters. The summed E-state index contributed by atoms with van der Waals surface area (Å²) in [5.41, 5.74) is 0. The average molecular weight is 360 g/mol. The van der Waals surface area contributed by atoms with Crippen molar-refractivity contribution in [3.05, 3.63) is 27.5 Å². The lowest BCUT2D eigenvalue weighted by atomic mass is 10.3. The fraction of sp³-hybridized carbons (Fsp3) is 0.250. The summed E-state index contributed by atoms with van der Waals surface area (Å²) in [5, 5.41) is -0.509. The molecular formula is C12H10BrNO5S. The van der Waals surface area contributed by atoms with E-state index in [9.17, 15) is 14.4 Å². The summed E-state index contributed by atoms with van der Waals surface area (Å²) in [7, 11) is 1.20. The fourth-order valence-corrected chi connectivity index (χ4v) is 2.83. The number of hydrogen-bond donors (Lipinski definition) is 0. The number of thioether (sulfide) groups is 1. The largest absolute Gasteiger partial charge is 0.467 e. The third kappa shape index (κ3) is 2.80. The molecule has 1 aliphatic rings. The van der Waals surface area contributed by atoms with Crippen LogP contribution in [0.15, 0.2) is 26.1 Å². The first kappa shape index (κ1) is 14.9. The molecule has 0 spiro atoms.